The Kier molecular flexibility index (Phi) is 5.00. The highest BCUT2D eigenvalue weighted by atomic mass is 32.2. The molecule has 0 unspecified atom stereocenters. The van der Waals surface area contributed by atoms with E-state index in [1.807, 2.05) is 6.07 Å². The molecule has 4 rings (SSSR count). The molecule has 1 saturated carbocycles. The maximum Gasteiger partial charge on any atom is 0.246 e. The predicted molar refractivity (Wildman–Crippen MR) is 104 cm³/mol. The highest BCUT2D eigenvalue weighted by Gasteiger charge is 2.39. The van der Waals surface area contributed by atoms with Crippen LogP contribution in [0.15, 0.2) is 17.3 Å². The van der Waals surface area contributed by atoms with Crippen molar-refractivity contribution in [2.75, 3.05) is 25.1 Å². The summed E-state index contributed by atoms with van der Waals surface area (Å²) in [5.74, 6) is 1.40. The van der Waals surface area contributed by atoms with Crippen molar-refractivity contribution in [1.82, 2.24) is 24.5 Å². The Morgan fingerprint density at radius 2 is 1.82 bits per heavy atom. The lowest BCUT2D eigenvalue weighted by molar-refractivity contribution is 0.307. The monoisotopic (exact) mass is 406 g/mol. The van der Waals surface area contributed by atoms with Crippen LogP contribution < -0.4 is 9.64 Å². The van der Waals surface area contributed by atoms with Crippen molar-refractivity contribution in [1.29, 1.82) is 0 Å². The summed E-state index contributed by atoms with van der Waals surface area (Å²) < 4.78 is 33.0. The number of anilines is 1. The van der Waals surface area contributed by atoms with Gasteiger partial charge < -0.3 is 9.64 Å². The fraction of sp³-hybridized carbons (Fsp3) is 0.611. The smallest absolute Gasteiger partial charge is 0.246 e. The van der Waals surface area contributed by atoms with Crippen molar-refractivity contribution in [2.45, 2.75) is 56.5 Å². The Labute approximate surface area is 165 Å². The quantitative estimate of drug-likeness (QED) is 0.778. The summed E-state index contributed by atoms with van der Waals surface area (Å²) in [6.45, 7) is 4.45. The summed E-state index contributed by atoms with van der Waals surface area (Å²) >= 11 is 0. The molecule has 28 heavy (non-hydrogen) atoms. The first-order chi connectivity index (χ1) is 13.4. The summed E-state index contributed by atoms with van der Waals surface area (Å²) in [6.07, 6.45) is 5.32. The summed E-state index contributed by atoms with van der Waals surface area (Å²) in [5, 5.41) is 6.82. The first kappa shape index (κ1) is 19.1. The summed E-state index contributed by atoms with van der Waals surface area (Å²) in [7, 11) is -1.94. The number of H-pyrrole nitrogens is 1. The van der Waals surface area contributed by atoms with E-state index in [4.69, 9.17) is 4.74 Å². The lowest BCUT2D eigenvalue weighted by atomic mass is 10.0. The number of rotatable bonds is 6. The molecule has 0 bridgehead atoms. The Morgan fingerprint density at radius 3 is 2.39 bits per heavy atom. The lowest BCUT2D eigenvalue weighted by Gasteiger charge is -2.39. The molecule has 2 aromatic heterocycles. The van der Waals surface area contributed by atoms with Gasteiger partial charge in [0.05, 0.1) is 18.5 Å². The summed E-state index contributed by atoms with van der Waals surface area (Å²) in [4.78, 5) is 11.2. The van der Waals surface area contributed by atoms with Crippen LogP contribution >= 0.6 is 0 Å². The maximum atomic E-state index is 13.1. The van der Waals surface area contributed by atoms with Crippen molar-refractivity contribution < 1.29 is 13.2 Å². The number of methoxy groups -OCH3 is 1. The Hall–Kier alpha value is -2.20. The molecule has 1 aliphatic carbocycles. The molecule has 0 amide bonds. The van der Waals surface area contributed by atoms with Crippen LogP contribution in [0.1, 0.15) is 37.1 Å². The van der Waals surface area contributed by atoms with Gasteiger partial charge in [0.25, 0.3) is 0 Å². The molecule has 2 aromatic rings. The van der Waals surface area contributed by atoms with Crippen LogP contribution in [0, 0.1) is 13.8 Å². The van der Waals surface area contributed by atoms with E-state index >= 15 is 0 Å². The number of aromatic amines is 1. The Morgan fingerprint density at radius 1 is 1.14 bits per heavy atom. The van der Waals surface area contributed by atoms with E-state index in [9.17, 15) is 8.42 Å². The zero-order valence-electron chi connectivity index (χ0n) is 16.4. The van der Waals surface area contributed by atoms with Gasteiger partial charge >= 0.3 is 0 Å². The first-order valence-corrected chi connectivity index (χ1v) is 11.0. The van der Waals surface area contributed by atoms with Gasteiger partial charge in [0.2, 0.25) is 15.9 Å². The largest absolute Gasteiger partial charge is 0.481 e. The molecule has 3 heterocycles. The average molecular weight is 407 g/mol. The number of aromatic nitrogens is 4. The van der Waals surface area contributed by atoms with Crippen LogP contribution in [0.2, 0.25) is 0 Å². The minimum atomic E-state index is -3.53. The van der Waals surface area contributed by atoms with Crippen LogP contribution in [-0.4, -0.2) is 65.2 Å². The molecular weight excluding hydrogens is 380 g/mol. The minimum absolute atomic E-state index is 0.255. The number of hydrogen-bond donors (Lipinski definition) is 1. The SMILES string of the molecule is COc1cc(N(C2CC2)C2CCN(S(=O)(=O)c3c(C)n[nH]c3C)CC2)ncn1. The summed E-state index contributed by atoms with van der Waals surface area (Å²) in [5.41, 5.74) is 1.11. The van der Waals surface area contributed by atoms with E-state index in [0.717, 1.165) is 31.5 Å². The van der Waals surface area contributed by atoms with Gasteiger partial charge in [-0.3, -0.25) is 5.10 Å². The van der Waals surface area contributed by atoms with Crippen LogP contribution in [0.3, 0.4) is 0 Å². The number of aryl methyl sites for hydroxylation is 2. The van der Waals surface area contributed by atoms with E-state index in [-0.39, 0.29) is 6.04 Å². The normalized spacial score (nSPS) is 19.0. The van der Waals surface area contributed by atoms with Gasteiger partial charge in [-0.15, -0.1) is 0 Å². The second-order valence-electron chi connectivity index (χ2n) is 7.46. The fourth-order valence-electron chi connectivity index (χ4n) is 4.02. The van der Waals surface area contributed by atoms with Crippen molar-refractivity contribution >= 4 is 15.8 Å². The van der Waals surface area contributed by atoms with Crippen molar-refractivity contribution in [3.63, 3.8) is 0 Å². The van der Waals surface area contributed by atoms with Gasteiger partial charge in [0.15, 0.2) is 0 Å². The van der Waals surface area contributed by atoms with Gasteiger partial charge in [0, 0.05) is 31.2 Å². The standard InChI is InChI=1S/C18H26N6O3S/c1-12-18(13(2)22-21-12)28(25,26)23-8-6-15(7-9-23)24(14-4-5-14)16-10-17(27-3)20-11-19-16/h10-11,14-15H,4-9H2,1-3H3,(H,21,22). The zero-order valence-corrected chi connectivity index (χ0v) is 17.2. The fourth-order valence-corrected chi connectivity index (χ4v) is 5.82. The zero-order chi connectivity index (χ0) is 19.9. The molecule has 0 aromatic carbocycles. The van der Waals surface area contributed by atoms with E-state index in [2.05, 4.69) is 25.1 Å². The van der Waals surface area contributed by atoms with E-state index in [1.54, 1.807) is 25.3 Å². The average Bonchev–Trinajstić information content (AvgIpc) is 3.46. The number of sulfonamides is 1. The molecule has 2 fully saturated rings. The van der Waals surface area contributed by atoms with Crippen molar-refractivity contribution in [3.8, 4) is 5.88 Å². The molecule has 0 atom stereocenters. The number of nitrogens with zero attached hydrogens (tertiary/aromatic N) is 5. The molecule has 1 saturated heterocycles. The van der Waals surface area contributed by atoms with Gasteiger partial charge in [-0.05, 0) is 39.5 Å². The van der Waals surface area contributed by atoms with Gasteiger partial charge in [-0.2, -0.15) is 9.40 Å². The molecule has 10 heteroatoms. The Balaban J connectivity index is 1.51. The maximum absolute atomic E-state index is 13.1. The lowest BCUT2D eigenvalue weighted by Crippen LogP contribution is -2.48. The van der Waals surface area contributed by atoms with Crippen LogP contribution in [0.25, 0.3) is 0 Å². The molecule has 1 aliphatic heterocycles. The molecule has 0 radical (unpaired) electrons. The van der Waals surface area contributed by atoms with Crippen molar-refractivity contribution in [2.24, 2.45) is 0 Å². The van der Waals surface area contributed by atoms with Crippen LogP contribution in [-0.2, 0) is 10.0 Å². The van der Waals surface area contributed by atoms with E-state index < -0.39 is 10.0 Å². The third-order valence-electron chi connectivity index (χ3n) is 5.52. The number of ether oxygens (including phenoxy) is 1. The van der Waals surface area contributed by atoms with Gasteiger partial charge in [-0.1, -0.05) is 0 Å². The minimum Gasteiger partial charge on any atom is -0.481 e. The Bertz CT molecular complexity index is 928. The van der Waals surface area contributed by atoms with Crippen LogP contribution in [0.4, 0.5) is 5.82 Å². The van der Waals surface area contributed by atoms with Crippen LogP contribution in [0.5, 0.6) is 5.88 Å². The van der Waals surface area contributed by atoms with Gasteiger partial charge in [0.1, 0.15) is 17.0 Å². The molecule has 2 aliphatic rings. The first-order valence-electron chi connectivity index (χ1n) is 9.58. The van der Waals surface area contributed by atoms with Gasteiger partial charge in [-0.25, -0.2) is 18.4 Å². The van der Waals surface area contributed by atoms with E-state index in [0.29, 0.717) is 41.3 Å². The number of hydrogen-bond acceptors (Lipinski definition) is 7. The third-order valence-corrected chi connectivity index (χ3v) is 7.68. The third kappa shape index (κ3) is 3.46. The summed E-state index contributed by atoms with van der Waals surface area (Å²) in [6, 6.07) is 2.58. The highest BCUT2D eigenvalue weighted by molar-refractivity contribution is 7.89. The highest BCUT2D eigenvalue weighted by Crippen LogP contribution is 2.36. The topological polar surface area (TPSA) is 104 Å². The molecule has 1 N–H and O–H groups in total. The molecule has 0 spiro atoms. The molecule has 9 nitrogen and oxygen atoms in total. The van der Waals surface area contributed by atoms with E-state index in [1.165, 1.54) is 6.33 Å². The predicted octanol–water partition coefficient (Wildman–Crippen LogP) is 1.65. The number of piperidine rings is 1. The van der Waals surface area contributed by atoms with Crippen molar-refractivity contribution in [3.05, 3.63) is 23.8 Å². The molecule has 152 valence electrons. The second kappa shape index (κ2) is 7.32. The molecular formula is C18H26N6O3S. The number of nitrogens with one attached hydrogen (secondary N) is 1. The second-order valence-corrected chi connectivity index (χ2v) is 9.33.